The summed E-state index contributed by atoms with van der Waals surface area (Å²) in [6, 6.07) is 11.4. The number of amides is 5. The molecule has 1 saturated heterocycles. The zero-order valence-electron chi connectivity index (χ0n) is 13.8. The number of rotatable bonds is 5. The van der Waals surface area contributed by atoms with Crippen molar-refractivity contribution in [3.8, 4) is 0 Å². The first-order valence-electron chi connectivity index (χ1n) is 7.83. The largest absolute Gasteiger partial charge is 0.335 e. The van der Waals surface area contributed by atoms with Gasteiger partial charge in [-0.2, -0.15) is 0 Å². The van der Waals surface area contributed by atoms with Crippen molar-refractivity contribution in [2.24, 2.45) is 0 Å². The van der Waals surface area contributed by atoms with Gasteiger partial charge >= 0.3 is 17.8 Å². The third-order valence-corrected chi connectivity index (χ3v) is 4.06. The lowest BCUT2D eigenvalue weighted by atomic mass is 10.2. The number of nitrogens with zero attached hydrogens (tertiary/aromatic N) is 2. The smallest absolute Gasteiger partial charge is 0.322 e. The van der Waals surface area contributed by atoms with Crippen LogP contribution in [-0.2, 0) is 20.9 Å². The van der Waals surface area contributed by atoms with E-state index in [9.17, 15) is 23.6 Å². The monoisotopic (exact) mass is 389 g/mol. The highest BCUT2D eigenvalue weighted by atomic mass is 35.5. The normalized spacial score (nSPS) is 14.1. The number of hydrogen-bond acceptors (Lipinski definition) is 4. The van der Waals surface area contributed by atoms with Gasteiger partial charge in [0.15, 0.2) is 0 Å². The molecule has 0 unspecified atom stereocenters. The molecule has 1 aliphatic rings. The maximum atomic E-state index is 13.7. The standard InChI is InChI=1S/C18H13ClFN3O4/c19-12-6-7-14(13(20)8-12)21-15(24)10-23-17(26)16(25)22(18(23)27)9-11-4-2-1-3-5-11/h1-8H,9-10H2,(H,21,24). The minimum Gasteiger partial charge on any atom is -0.322 e. The minimum atomic E-state index is -1.11. The van der Waals surface area contributed by atoms with Crippen LogP contribution in [0.3, 0.4) is 0 Å². The van der Waals surface area contributed by atoms with Crippen molar-refractivity contribution < 1.29 is 23.6 Å². The number of nitrogens with one attached hydrogen (secondary N) is 1. The molecule has 7 nitrogen and oxygen atoms in total. The number of carbonyl (C=O) groups is 4. The lowest BCUT2D eigenvalue weighted by molar-refractivity contribution is -0.143. The first kappa shape index (κ1) is 18.5. The van der Waals surface area contributed by atoms with Gasteiger partial charge in [0, 0.05) is 5.02 Å². The van der Waals surface area contributed by atoms with E-state index in [2.05, 4.69) is 5.32 Å². The second kappa shape index (κ2) is 7.55. The average molecular weight is 390 g/mol. The Balaban J connectivity index is 1.69. The van der Waals surface area contributed by atoms with Crippen LogP contribution in [0.15, 0.2) is 48.5 Å². The topological polar surface area (TPSA) is 86.8 Å². The molecule has 9 heteroatoms. The van der Waals surface area contributed by atoms with Crippen LogP contribution in [0.25, 0.3) is 0 Å². The Hall–Kier alpha value is -3.26. The van der Waals surface area contributed by atoms with E-state index in [4.69, 9.17) is 11.6 Å². The van der Waals surface area contributed by atoms with Crippen LogP contribution in [0.1, 0.15) is 5.56 Å². The Labute approximate surface area is 158 Å². The molecule has 0 spiro atoms. The predicted octanol–water partition coefficient (Wildman–Crippen LogP) is 2.41. The minimum absolute atomic E-state index is 0.0891. The fraction of sp³-hybridized carbons (Fsp3) is 0.111. The van der Waals surface area contributed by atoms with Gasteiger partial charge in [0.25, 0.3) is 0 Å². The van der Waals surface area contributed by atoms with Crippen LogP contribution in [0, 0.1) is 5.82 Å². The van der Waals surface area contributed by atoms with Crippen molar-refractivity contribution >= 4 is 41.0 Å². The molecule has 138 valence electrons. The van der Waals surface area contributed by atoms with Crippen molar-refractivity contribution in [2.75, 3.05) is 11.9 Å². The Morgan fingerprint density at radius 2 is 1.67 bits per heavy atom. The van der Waals surface area contributed by atoms with E-state index in [1.54, 1.807) is 30.3 Å². The fourth-order valence-electron chi connectivity index (χ4n) is 2.52. The van der Waals surface area contributed by atoms with Crippen molar-refractivity contribution in [3.63, 3.8) is 0 Å². The molecule has 0 aromatic heterocycles. The second-order valence-electron chi connectivity index (χ2n) is 5.72. The molecular weight excluding hydrogens is 377 g/mol. The van der Waals surface area contributed by atoms with Gasteiger partial charge in [-0.3, -0.25) is 19.3 Å². The molecule has 1 heterocycles. The summed E-state index contributed by atoms with van der Waals surface area (Å²) in [5.41, 5.74) is 0.498. The molecule has 27 heavy (non-hydrogen) atoms. The van der Waals surface area contributed by atoms with Crippen LogP contribution in [-0.4, -0.2) is 40.1 Å². The number of halogens is 2. The zero-order valence-corrected chi connectivity index (χ0v) is 14.6. The molecule has 2 aromatic rings. The molecule has 2 aromatic carbocycles. The van der Waals surface area contributed by atoms with E-state index >= 15 is 0 Å². The highest BCUT2D eigenvalue weighted by molar-refractivity contribution is 6.45. The Morgan fingerprint density at radius 1 is 1.00 bits per heavy atom. The number of benzene rings is 2. The van der Waals surface area contributed by atoms with Crippen LogP contribution >= 0.6 is 11.6 Å². The first-order valence-corrected chi connectivity index (χ1v) is 8.21. The summed E-state index contributed by atoms with van der Waals surface area (Å²) in [4.78, 5) is 49.9. The Bertz CT molecular complexity index is 935. The van der Waals surface area contributed by atoms with Gasteiger partial charge in [-0.15, -0.1) is 0 Å². The van der Waals surface area contributed by atoms with E-state index in [1.807, 2.05) is 0 Å². The van der Waals surface area contributed by atoms with Gasteiger partial charge in [0.1, 0.15) is 12.4 Å². The zero-order chi connectivity index (χ0) is 19.6. The number of anilines is 1. The molecule has 0 aliphatic carbocycles. The fourth-order valence-corrected chi connectivity index (χ4v) is 2.68. The number of imide groups is 2. The maximum absolute atomic E-state index is 13.7. The lowest BCUT2D eigenvalue weighted by Crippen LogP contribution is -2.39. The summed E-state index contributed by atoms with van der Waals surface area (Å²) < 4.78 is 13.7. The van der Waals surface area contributed by atoms with E-state index in [-0.39, 0.29) is 17.3 Å². The number of hydrogen-bond donors (Lipinski definition) is 1. The Kier molecular flexibility index (Phi) is 5.18. The van der Waals surface area contributed by atoms with Crippen molar-refractivity contribution in [1.29, 1.82) is 0 Å². The summed E-state index contributed by atoms with van der Waals surface area (Å²) >= 11 is 5.63. The van der Waals surface area contributed by atoms with Gasteiger partial charge in [0.2, 0.25) is 5.91 Å². The first-order chi connectivity index (χ1) is 12.9. The van der Waals surface area contributed by atoms with E-state index in [1.165, 1.54) is 12.1 Å². The van der Waals surface area contributed by atoms with Crippen molar-refractivity contribution in [2.45, 2.75) is 6.54 Å². The molecule has 3 rings (SSSR count). The maximum Gasteiger partial charge on any atom is 0.335 e. The molecule has 5 amide bonds. The van der Waals surface area contributed by atoms with Gasteiger partial charge in [0.05, 0.1) is 12.2 Å². The Morgan fingerprint density at radius 3 is 2.33 bits per heavy atom. The van der Waals surface area contributed by atoms with Gasteiger partial charge in [-0.1, -0.05) is 41.9 Å². The van der Waals surface area contributed by atoms with Crippen LogP contribution < -0.4 is 5.32 Å². The van der Waals surface area contributed by atoms with Gasteiger partial charge in [-0.25, -0.2) is 14.1 Å². The SMILES string of the molecule is O=C(CN1C(=O)C(=O)N(Cc2ccccc2)C1=O)Nc1ccc(Cl)cc1F. The third-order valence-electron chi connectivity index (χ3n) is 3.83. The number of urea groups is 1. The van der Waals surface area contributed by atoms with E-state index in [0.29, 0.717) is 10.5 Å². The second-order valence-corrected chi connectivity index (χ2v) is 6.16. The molecule has 0 radical (unpaired) electrons. The quantitative estimate of drug-likeness (QED) is 0.628. The summed E-state index contributed by atoms with van der Waals surface area (Å²) in [5.74, 6) is -3.72. The molecule has 0 saturated carbocycles. The summed E-state index contributed by atoms with van der Waals surface area (Å²) in [5, 5.41) is 2.39. The summed E-state index contributed by atoms with van der Waals surface area (Å²) in [6.45, 7) is -0.801. The van der Waals surface area contributed by atoms with Crippen LogP contribution in [0.5, 0.6) is 0 Å². The molecule has 0 bridgehead atoms. The molecule has 0 atom stereocenters. The molecule has 1 aliphatic heterocycles. The molecule has 1 fully saturated rings. The van der Waals surface area contributed by atoms with Gasteiger partial charge in [-0.05, 0) is 23.8 Å². The predicted molar refractivity (Wildman–Crippen MR) is 94.1 cm³/mol. The highest BCUT2D eigenvalue weighted by Gasteiger charge is 2.45. The third kappa shape index (κ3) is 3.95. The molecular formula is C18H13ClFN3O4. The average Bonchev–Trinajstić information content (AvgIpc) is 2.83. The van der Waals surface area contributed by atoms with Crippen LogP contribution in [0.4, 0.5) is 14.9 Å². The number of carbonyl (C=O) groups excluding carboxylic acids is 4. The van der Waals surface area contributed by atoms with E-state index in [0.717, 1.165) is 11.0 Å². The lowest BCUT2D eigenvalue weighted by Gasteiger charge is -2.15. The van der Waals surface area contributed by atoms with Gasteiger partial charge < -0.3 is 5.32 Å². The molecule has 1 N–H and O–H groups in total. The summed E-state index contributed by atoms with van der Waals surface area (Å²) in [6.07, 6.45) is 0. The van der Waals surface area contributed by atoms with Crippen molar-refractivity contribution in [3.05, 3.63) is 64.9 Å². The summed E-state index contributed by atoms with van der Waals surface area (Å²) in [7, 11) is 0. The van der Waals surface area contributed by atoms with Crippen LogP contribution in [0.2, 0.25) is 5.02 Å². The van der Waals surface area contributed by atoms with E-state index < -0.39 is 36.1 Å². The van der Waals surface area contributed by atoms with Crippen molar-refractivity contribution in [1.82, 2.24) is 9.80 Å². The highest BCUT2D eigenvalue weighted by Crippen LogP contribution is 2.20.